The molecule has 1 aliphatic rings. The average molecular weight is 126 g/mol. The Bertz CT molecular complexity index is 120. The minimum Gasteiger partial charge on any atom is -0.366 e. The second kappa shape index (κ2) is 2.38. The molecule has 1 rings (SSSR count). The molecule has 0 fully saturated rings. The molecule has 2 unspecified atom stereocenters. The normalized spacial score (nSPS) is 35.2. The fourth-order valence-electron chi connectivity index (χ4n) is 1.02. The van der Waals surface area contributed by atoms with E-state index in [2.05, 4.69) is 30.8 Å². The molecule has 0 N–H and O–H groups in total. The highest BCUT2D eigenvalue weighted by Gasteiger charge is 2.15. The molecular formula is C7H14N2. The molecule has 2 nitrogen and oxygen atoms in total. The van der Waals surface area contributed by atoms with Gasteiger partial charge in [-0.25, -0.2) is 0 Å². The van der Waals surface area contributed by atoms with Crippen LogP contribution in [0, 0.1) is 5.92 Å². The van der Waals surface area contributed by atoms with E-state index in [1.165, 1.54) is 0 Å². The van der Waals surface area contributed by atoms with Gasteiger partial charge in [-0.05, 0) is 12.8 Å². The largest absolute Gasteiger partial charge is 0.366 e. The molecule has 0 radical (unpaired) electrons. The summed E-state index contributed by atoms with van der Waals surface area (Å²) in [6.45, 7) is 5.54. The molecule has 9 heavy (non-hydrogen) atoms. The molecule has 1 heterocycles. The minimum absolute atomic E-state index is 0.515. The van der Waals surface area contributed by atoms with Gasteiger partial charge in [0, 0.05) is 13.6 Å². The fourth-order valence-corrected chi connectivity index (χ4v) is 1.02. The van der Waals surface area contributed by atoms with Crippen molar-refractivity contribution in [3.8, 4) is 0 Å². The molecule has 2 atom stereocenters. The highest BCUT2D eigenvalue weighted by Crippen LogP contribution is 2.10. The lowest BCUT2D eigenvalue weighted by Gasteiger charge is -2.27. The Morgan fingerprint density at radius 3 is 2.67 bits per heavy atom. The summed E-state index contributed by atoms with van der Waals surface area (Å²) in [4.78, 5) is 6.42. The Morgan fingerprint density at radius 1 is 1.56 bits per heavy atom. The number of hydrogen-bond acceptors (Lipinski definition) is 2. The van der Waals surface area contributed by atoms with Gasteiger partial charge in [-0.1, -0.05) is 6.92 Å². The zero-order valence-electron chi connectivity index (χ0n) is 6.33. The zero-order valence-corrected chi connectivity index (χ0v) is 6.33. The monoisotopic (exact) mass is 126 g/mol. The van der Waals surface area contributed by atoms with E-state index in [1.807, 2.05) is 6.34 Å². The number of nitrogens with zero attached hydrogens (tertiary/aromatic N) is 2. The van der Waals surface area contributed by atoms with Crippen molar-refractivity contribution < 1.29 is 0 Å². The summed E-state index contributed by atoms with van der Waals surface area (Å²) in [5, 5.41) is 0. The number of aliphatic imine (C=N–C) groups is 1. The van der Waals surface area contributed by atoms with Gasteiger partial charge in [0.1, 0.15) is 0 Å². The highest BCUT2D eigenvalue weighted by molar-refractivity contribution is 5.55. The van der Waals surface area contributed by atoms with Crippen molar-refractivity contribution >= 4 is 6.34 Å². The minimum atomic E-state index is 0.515. The van der Waals surface area contributed by atoms with Gasteiger partial charge in [-0.2, -0.15) is 0 Å². The maximum Gasteiger partial charge on any atom is 0.0850 e. The van der Waals surface area contributed by atoms with E-state index in [9.17, 15) is 0 Å². The van der Waals surface area contributed by atoms with Gasteiger partial charge in [-0.15, -0.1) is 0 Å². The summed E-state index contributed by atoms with van der Waals surface area (Å²) in [7, 11) is 2.06. The van der Waals surface area contributed by atoms with Gasteiger partial charge in [0.15, 0.2) is 0 Å². The molecule has 0 amide bonds. The van der Waals surface area contributed by atoms with Crippen molar-refractivity contribution in [2.75, 3.05) is 13.6 Å². The Kier molecular flexibility index (Phi) is 1.74. The van der Waals surface area contributed by atoms with Crippen LogP contribution in [0.1, 0.15) is 13.8 Å². The summed E-state index contributed by atoms with van der Waals surface area (Å²) in [6.07, 6.45) is 1.92. The molecule has 0 aliphatic carbocycles. The summed E-state index contributed by atoms with van der Waals surface area (Å²) >= 11 is 0. The first-order chi connectivity index (χ1) is 4.20. The Morgan fingerprint density at radius 2 is 2.22 bits per heavy atom. The molecule has 0 aromatic rings. The van der Waals surface area contributed by atoms with Crippen molar-refractivity contribution in [3.05, 3.63) is 0 Å². The van der Waals surface area contributed by atoms with Crippen molar-refractivity contribution in [3.63, 3.8) is 0 Å². The van der Waals surface area contributed by atoms with E-state index in [1.54, 1.807) is 0 Å². The Balaban J connectivity index is 2.54. The quantitative estimate of drug-likeness (QED) is 0.472. The summed E-state index contributed by atoms with van der Waals surface area (Å²) in [6, 6.07) is 0.515. The van der Waals surface area contributed by atoms with E-state index in [0.29, 0.717) is 12.0 Å². The first-order valence-electron chi connectivity index (χ1n) is 3.43. The van der Waals surface area contributed by atoms with Crippen LogP contribution >= 0.6 is 0 Å². The van der Waals surface area contributed by atoms with Crippen LogP contribution in [0.5, 0.6) is 0 Å². The molecule has 0 bridgehead atoms. The van der Waals surface area contributed by atoms with Crippen LogP contribution in [-0.2, 0) is 0 Å². The lowest BCUT2D eigenvalue weighted by atomic mass is 10.0. The van der Waals surface area contributed by atoms with E-state index in [0.717, 1.165) is 6.54 Å². The topological polar surface area (TPSA) is 15.6 Å². The molecule has 0 saturated carbocycles. The van der Waals surface area contributed by atoms with E-state index < -0.39 is 0 Å². The standard InChI is InChI=1S/C7H14N2/c1-6-4-9(3)5-8-7(6)2/h5-7H,4H2,1-3H3. The molecule has 0 aromatic carbocycles. The van der Waals surface area contributed by atoms with Crippen molar-refractivity contribution in [2.24, 2.45) is 10.9 Å². The van der Waals surface area contributed by atoms with Crippen LogP contribution in [0.15, 0.2) is 4.99 Å². The van der Waals surface area contributed by atoms with Gasteiger partial charge in [0.05, 0.1) is 12.4 Å². The third-order valence-corrected chi connectivity index (χ3v) is 1.90. The predicted molar refractivity (Wildman–Crippen MR) is 39.7 cm³/mol. The summed E-state index contributed by atoms with van der Waals surface area (Å²) < 4.78 is 0. The highest BCUT2D eigenvalue weighted by atomic mass is 15.2. The molecule has 0 spiro atoms. The van der Waals surface area contributed by atoms with E-state index in [4.69, 9.17) is 0 Å². The van der Waals surface area contributed by atoms with E-state index >= 15 is 0 Å². The van der Waals surface area contributed by atoms with Crippen molar-refractivity contribution in [2.45, 2.75) is 19.9 Å². The molecule has 2 heteroatoms. The summed E-state index contributed by atoms with van der Waals surface area (Å²) in [5.74, 6) is 0.708. The van der Waals surface area contributed by atoms with E-state index in [-0.39, 0.29) is 0 Å². The molecule has 0 aromatic heterocycles. The number of hydrogen-bond donors (Lipinski definition) is 0. The molecule has 52 valence electrons. The Labute approximate surface area is 56.6 Å². The Hall–Kier alpha value is -0.530. The van der Waals surface area contributed by atoms with Crippen molar-refractivity contribution in [1.82, 2.24) is 4.90 Å². The predicted octanol–water partition coefficient (Wildman–Crippen LogP) is 0.985. The molecule has 1 aliphatic heterocycles. The van der Waals surface area contributed by atoms with Gasteiger partial charge in [-0.3, -0.25) is 4.99 Å². The van der Waals surface area contributed by atoms with Crippen LogP contribution in [-0.4, -0.2) is 30.9 Å². The van der Waals surface area contributed by atoms with Gasteiger partial charge < -0.3 is 4.90 Å². The van der Waals surface area contributed by atoms with Crippen LogP contribution < -0.4 is 0 Å². The summed E-state index contributed by atoms with van der Waals surface area (Å²) in [5.41, 5.74) is 0. The SMILES string of the molecule is CC1CN(C)C=NC1C. The maximum absolute atomic E-state index is 4.29. The maximum atomic E-state index is 4.29. The van der Waals surface area contributed by atoms with Crippen molar-refractivity contribution in [1.29, 1.82) is 0 Å². The second-order valence-corrected chi connectivity index (χ2v) is 2.92. The first kappa shape index (κ1) is 6.59. The van der Waals surface area contributed by atoms with Crippen LogP contribution in [0.25, 0.3) is 0 Å². The first-order valence-corrected chi connectivity index (χ1v) is 3.43. The second-order valence-electron chi connectivity index (χ2n) is 2.92. The van der Waals surface area contributed by atoms with Gasteiger partial charge in [0.2, 0.25) is 0 Å². The lowest BCUT2D eigenvalue weighted by Crippen LogP contribution is -2.33. The molecule has 0 saturated heterocycles. The smallest absolute Gasteiger partial charge is 0.0850 e. The lowest BCUT2D eigenvalue weighted by molar-refractivity contribution is 0.345. The fraction of sp³-hybridized carbons (Fsp3) is 0.857. The van der Waals surface area contributed by atoms with Crippen LogP contribution in [0.2, 0.25) is 0 Å². The zero-order chi connectivity index (χ0) is 6.85. The third kappa shape index (κ3) is 1.44. The van der Waals surface area contributed by atoms with Gasteiger partial charge >= 0.3 is 0 Å². The molecular weight excluding hydrogens is 112 g/mol. The third-order valence-electron chi connectivity index (χ3n) is 1.90. The van der Waals surface area contributed by atoms with Crippen LogP contribution in [0.4, 0.5) is 0 Å². The number of rotatable bonds is 0. The van der Waals surface area contributed by atoms with Crippen LogP contribution in [0.3, 0.4) is 0 Å². The average Bonchev–Trinajstić information content (AvgIpc) is 1.80. The van der Waals surface area contributed by atoms with Gasteiger partial charge in [0.25, 0.3) is 0 Å².